The van der Waals surface area contributed by atoms with Crippen LogP contribution in [-0.4, -0.2) is 34.4 Å². The van der Waals surface area contributed by atoms with Gasteiger partial charge in [-0.25, -0.2) is 0 Å². The van der Waals surface area contributed by atoms with E-state index in [-0.39, 0.29) is 35.2 Å². The molecule has 3 N–H and O–H groups in total. The number of hydrogen-bond acceptors (Lipinski definition) is 5. The lowest BCUT2D eigenvalue weighted by atomic mass is 9.92. The highest BCUT2D eigenvalue weighted by atomic mass is 16.2. The predicted molar refractivity (Wildman–Crippen MR) is 116 cm³/mol. The van der Waals surface area contributed by atoms with Gasteiger partial charge >= 0.3 is 0 Å². The van der Waals surface area contributed by atoms with E-state index in [0.717, 1.165) is 37.8 Å². The van der Waals surface area contributed by atoms with Crippen molar-refractivity contribution in [2.45, 2.75) is 57.9 Å². The third-order valence-corrected chi connectivity index (χ3v) is 5.91. The van der Waals surface area contributed by atoms with E-state index < -0.39 is 5.92 Å². The molecular formula is C22H27N5O3. The van der Waals surface area contributed by atoms with Crippen LogP contribution in [0.1, 0.15) is 56.1 Å². The van der Waals surface area contributed by atoms with Crippen molar-refractivity contribution in [1.29, 1.82) is 0 Å². The van der Waals surface area contributed by atoms with Crippen LogP contribution in [0.25, 0.3) is 0 Å². The highest BCUT2D eigenvalue weighted by Gasteiger charge is 2.35. The van der Waals surface area contributed by atoms with Crippen molar-refractivity contribution in [2.75, 3.05) is 22.1 Å². The number of fused-ring (bicyclic) bond motifs is 1. The van der Waals surface area contributed by atoms with Gasteiger partial charge in [0.1, 0.15) is 5.82 Å². The molecule has 1 saturated heterocycles. The fourth-order valence-corrected chi connectivity index (χ4v) is 4.38. The summed E-state index contributed by atoms with van der Waals surface area (Å²) in [6, 6.07) is 7.70. The molecule has 1 fully saturated rings. The molecule has 8 nitrogen and oxygen atoms in total. The number of rotatable bonds is 4. The maximum Gasteiger partial charge on any atom is 0.258 e. The van der Waals surface area contributed by atoms with Crippen LogP contribution in [0.5, 0.6) is 0 Å². The second-order valence-electron chi connectivity index (χ2n) is 8.07. The fraction of sp³-hybridized carbons (Fsp3) is 0.455. The monoisotopic (exact) mass is 409 g/mol. The van der Waals surface area contributed by atoms with Gasteiger partial charge in [0.05, 0.1) is 11.5 Å². The minimum absolute atomic E-state index is 0.0872. The first kappa shape index (κ1) is 20.1. The number of aromatic amines is 1. The van der Waals surface area contributed by atoms with E-state index in [0.29, 0.717) is 17.7 Å². The summed E-state index contributed by atoms with van der Waals surface area (Å²) in [6.07, 6.45) is 4.10. The Morgan fingerprint density at radius 2 is 2.13 bits per heavy atom. The van der Waals surface area contributed by atoms with Gasteiger partial charge in [0.15, 0.2) is 0 Å². The molecule has 2 atom stereocenters. The maximum absolute atomic E-state index is 13.0. The van der Waals surface area contributed by atoms with E-state index in [1.165, 1.54) is 0 Å². The van der Waals surface area contributed by atoms with Crippen LogP contribution in [0.2, 0.25) is 0 Å². The molecule has 2 amide bonds. The van der Waals surface area contributed by atoms with Gasteiger partial charge in [0.25, 0.3) is 5.56 Å². The number of nitrogens with one attached hydrogen (secondary N) is 3. The van der Waals surface area contributed by atoms with Crippen molar-refractivity contribution in [3.05, 3.63) is 45.7 Å². The quantitative estimate of drug-likeness (QED) is 0.720. The summed E-state index contributed by atoms with van der Waals surface area (Å²) in [5.41, 5.74) is 1.48. The Morgan fingerprint density at radius 1 is 1.30 bits per heavy atom. The molecule has 0 spiro atoms. The molecule has 1 aromatic heterocycles. The van der Waals surface area contributed by atoms with Crippen LogP contribution < -0.4 is 21.1 Å². The van der Waals surface area contributed by atoms with Crippen molar-refractivity contribution in [2.24, 2.45) is 0 Å². The molecule has 0 aliphatic carbocycles. The summed E-state index contributed by atoms with van der Waals surface area (Å²) in [5, 5.41) is 5.52. The summed E-state index contributed by atoms with van der Waals surface area (Å²) >= 11 is 0. The number of H-pyrrole nitrogens is 1. The normalized spacial score (nSPS) is 21.0. The average molecular weight is 409 g/mol. The van der Waals surface area contributed by atoms with Crippen molar-refractivity contribution in [1.82, 2.24) is 9.97 Å². The van der Waals surface area contributed by atoms with Crippen molar-refractivity contribution < 1.29 is 9.59 Å². The number of aromatic nitrogens is 2. The third kappa shape index (κ3) is 3.94. The Labute approximate surface area is 175 Å². The molecule has 30 heavy (non-hydrogen) atoms. The number of nitrogens with zero attached hydrogens (tertiary/aromatic N) is 2. The fourth-order valence-electron chi connectivity index (χ4n) is 4.38. The summed E-state index contributed by atoms with van der Waals surface area (Å²) in [5.74, 6) is -0.939. The number of aryl methyl sites for hydroxylation is 1. The lowest BCUT2D eigenvalue weighted by Crippen LogP contribution is -2.43. The van der Waals surface area contributed by atoms with E-state index in [1.807, 2.05) is 25.1 Å². The molecule has 0 radical (unpaired) electrons. The molecule has 2 aliphatic rings. The molecule has 2 aliphatic heterocycles. The summed E-state index contributed by atoms with van der Waals surface area (Å²) in [6.45, 7) is 4.86. The Kier molecular flexibility index (Phi) is 5.57. The Morgan fingerprint density at radius 3 is 2.90 bits per heavy atom. The molecule has 158 valence electrons. The van der Waals surface area contributed by atoms with Crippen molar-refractivity contribution >= 4 is 29.3 Å². The lowest BCUT2D eigenvalue weighted by Gasteiger charge is -2.36. The van der Waals surface area contributed by atoms with E-state index in [4.69, 9.17) is 0 Å². The van der Waals surface area contributed by atoms with Crippen LogP contribution in [-0.2, 0) is 9.59 Å². The van der Waals surface area contributed by atoms with Crippen LogP contribution in [0.4, 0.5) is 17.5 Å². The van der Waals surface area contributed by atoms with Gasteiger partial charge in [-0.2, -0.15) is 4.98 Å². The standard InChI is InChI=1S/C22H27N5O3/c1-3-15-9-4-5-10-27(15)22-25-19-18(21(30)26-22)16(12-17(28)24-19)20(29)23-14-8-6-7-13(2)11-14/h6-8,11,15-16H,3-5,9-10,12H2,1-2H3,(H,23,29)(H2,24,25,26,28,30). The van der Waals surface area contributed by atoms with Crippen molar-refractivity contribution in [3.8, 4) is 0 Å². The molecule has 3 heterocycles. The zero-order valence-corrected chi connectivity index (χ0v) is 17.3. The zero-order chi connectivity index (χ0) is 21.3. The molecule has 2 unspecified atom stereocenters. The average Bonchev–Trinajstić information content (AvgIpc) is 2.72. The Balaban J connectivity index is 1.66. The van der Waals surface area contributed by atoms with Crippen LogP contribution in [0, 0.1) is 6.92 Å². The van der Waals surface area contributed by atoms with Gasteiger partial charge in [-0.15, -0.1) is 0 Å². The Hall–Kier alpha value is -3.16. The molecular weight excluding hydrogens is 382 g/mol. The molecule has 1 aromatic carbocycles. The molecule has 0 bridgehead atoms. The zero-order valence-electron chi connectivity index (χ0n) is 17.3. The lowest BCUT2D eigenvalue weighted by molar-refractivity contribution is -0.123. The third-order valence-electron chi connectivity index (χ3n) is 5.91. The number of benzene rings is 1. The van der Waals surface area contributed by atoms with Gasteiger partial charge in [0.2, 0.25) is 17.8 Å². The number of amides is 2. The first-order valence-corrected chi connectivity index (χ1v) is 10.5. The first-order valence-electron chi connectivity index (χ1n) is 10.5. The number of anilines is 3. The van der Waals surface area contributed by atoms with Gasteiger partial charge in [-0.1, -0.05) is 19.1 Å². The van der Waals surface area contributed by atoms with Crippen molar-refractivity contribution in [3.63, 3.8) is 0 Å². The molecule has 4 rings (SSSR count). The van der Waals surface area contributed by atoms with Gasteiger partial charge in [0, 0.05) is 24.7 Å². The van der Waals surface area contributed by atoms with Gasteiger partial charge < -0.3 is 15.5 Å². The van der Waals surface area contributed by atoms with Gasteiger partial charge in [-0.05, 0) is 50.3 Å². The second-order valence-corrected chi connectivity index (χ2v) is 8.07. The highest BCUT2D eigenvalue weighted by Crippen LogP contribution is 2.31. The van der Waals surface area contributed by atoms with E-state index in [9.17, 15) is 14.4 Å². The number of carbonyl (C=O) groups excluding carboxylic acids is 2. The molecule has 0 saturated carbocycles. The molecule has 8 heteroatoms. The van der Waals surface area contributed by atoms with E-state index >= 15 is 0 Å². The van der Waals surface area contributed by atoms with Crippen LogP contribution >= 0.6 is 0 Å². The summed E-state index contributed by atoms with van der Waals surface area (Å²) in [7, 11) is 0. The summed E-state index contributed by atoms with van der Waals surface area (Å²) < 4.78 is 0. The first-order chi connectivity index (χ1) is 14.5. The minimum atomic E-state index is -0.886. The SMILES string of the molecule is CCC1CCCCN1c1nc2c(c(=O)[nH]1)C(C(=O)Nc1cccc(C)c1)CC(=O)N2. The van der Waals surface area contributed by atoms with Crippen LogP contribution in [0.15, 0.2) is 29.1 Å². The van der Waals surface area contributed by atoms with E-state index in [2.05, 4.69) is 32.4 Å². The maximum atomic E-state index is 13.0. The largest absolute Gasteiger partial charge is 0.339 e. The smallest absolute Gasteiger partial charge is 0.258 e. The minimum Gasteiger partial charge on any atom is -0.339 e. The number of piperidine rings is 1. The molecule has 2 aromatic rings. The van der Waals surface area contributed by atoms with Gasteiger partial charge in [-0.3, -0.25) is 19.4 Å². The number of carbonyl (C=O) groups is 2. The predicted octanol–water partition coefficient (Wildman–Crippen LogP) is 2.91. The van der Waals surface area contributed by atoms with E-state index in [1.54, 1.807) is 6.07 Å². The highest BCUT2D eigenvalue weighted by molar-refractivity contribution is 6.04. The Bertz CT molecular complexity index is 1030. The number of hydrogen-bond donors (Lipinski definition) is 3. The van der Waals surface area contributed by atoms with Crippen LogP contribution in [0.3, 0.4) is 0 Å². The summed E-state index contributed by atoms with van der Waals surface area (Å²) in [4.78, 5) is 47.8. The topological polar surface area (TPSA) is 107 Å². The second kappa shape index (κ2) is 8.30.